The Balaban J connectivity index is 2.93. The van der Waals surface area contributed by atoms with Crippen LogP contribution in [-0.4, -0.2) is 9.55 Å². The van der Waals surface area contributed by atoms with Crippen LogP contribution in [-0.2, 0) is 0 Å². The van der Waals surface area contributed by atoms with Gasteiger partial charge < -0.3 is 10.3 Å². The smallest absolute Gasteiger partial charge is 0.0951 e. The molecule has 0 aliphatic heterocycles. The fourth-order valence-electron chi connectivity index (χ4n) is 1.33. The van der Waals surface area contributed by atoms with Gasteiger partial charge in [0, 0.05) is 18.3 Å². The van der Waals surface area contributed by atoms with Gasteiger partial charge in [-0.05, 0) is 19.8 Å². The van der Waals surface area contributed by atoms with Crippen molar-refractivity contribution in [1.29, 1.82) is 0 Å². The minimum Gasteiger partial charge on any atom is -0.330 e. The molecule has 0 spiro atoms. The normalized spacial score (nSPS) is 16.2. The van der Waals surface area contributed by atoms with Crippen LogP contribution in [0, 0.1) is 5.92 Å². The number of imidazole rings is 1. The Morgan fingerprint density at radius 1 is 1.31 bits per heavy atom. The molecule has 1 aromatic heterocycles. The van der Waals surface area contributed by atoms with Crippen molar-refractivity contribution in [1.82, 2.24) is 9.55 Å². The SMILES string of the molecule is CC(C)C(C)n1cncc1[C@@H](C)N. The topological polar surface area (TPSA) is 43.8 Å². The van der Waals surface area contributed by atoms with Crippen molar-refractivity contribution in [3.8, 4) is 0 Å². The third-order valence-electron chi connectivity index (χ3n) is 2.57. The Morgan fingerprint density at radius 3 is 2.38 bits per heavy atom. The number of aromatic nitrogens is 2. The van der Waals surface area contributed by atoms with E-state index in [1.165, 1.54) is 0 Å². The van der Waals surface area contributed by atoms with E-state index in [0.717, 1.165) is 5.69 Å². The lowest BCUT2D eigenvalue weighted by atomic mass is 10.1. The Morgan fingerprint density at radius 2 is 1.92 bits per heavy atom. The summed E-state index contributed by atoms with van der Waals surface area (Å²) in [5.74, 6) is 0.603. The van der Waals surface area contributed by atoms with Crippen LogP contribution in [0.3, 0.4) is 0 Å². The van der Waals surface area contributed by atoms with Crippen LogP contribution in [0.4, 0.5) is 0 Å². The molecule has 0 aliphatic carbocycles. The fraction of sp³-hybridized carbons (Fsp3) is 0.700. The Kier molecular flexibility index (Phi) is 3.09. The predicted molar refractivity (Wildman–Crippen MR) is 54.4 cm³/mol. The molecule has 2 N–H and O–H groups in total. The summed E-state index contributed by atoms with van der Waals surface area (Å²) in [6, 6.07) is 0.521. The summed E-state index contributed by atoms with van der Waals surface area (Å²) in [7, 11) is 0. The predicted octanol–water partition coefficient (Wildman–Crippen LogP) is 2.12. The molecule has 3 heteroatoms. The second-order valence-corrected chi connectivity index (χ2v) is 4.00. The molecule has 1 aromatic rings. The molecule has 0 radical (unpaired) electrons. The van der Waals surface area contributed by atoms with Crippen LogP contribution >= 0.6 is 0 Å². The lowest BCUT2D eigenvalue weighted by molar-refractivity contribution is 0.393. The Labute approximate surface area is 80.0 Å². The van der Waals surface area contributed by atoms with E-state index in [0.29, 0.717) is 12.0 Å². The van der Waals surface area contributed by atoms with Crippen molar-refractivity contribution in [2.75, 3.05) is 0 Å². The third kappa shape index (κ3) is 2.10. The van der Waals surface area contributed by atoms with Gasteiger partial charge in [0.1, 0.15) is 0 Å². The maximum Gasteiger partial charge on any atom is 0.0951 e. The van der Waals surface area contributed by atoms with Gasteiger partial charge in [0.15, 0.2) is 0 Å². The van der Waals surface area contributed by atoms with E-state index in [1.54, 1.807) is 0 Å². The van der Waals surface area contributed by atoms with Gasteiger partial charge in [0.25, 0.3) is 0 Å². The molecule has 0 aliphatic rings. The second-order valence-electron chi connectivity index (χ2n) is 4.00. The average Bonchev–Trinajstić information content (AvgIpc) is 2.50. The first-order valence-electron chi connectivity index (χ1n) is 4.81. The van der Waals surface area contributed by atoms with E-state index in [2.05, 4.69) is 30.3 Å². The highest BCUT2D eigenvalue weighted by Crippen LogP contribution is 2.21. The molecule has 1 unspecified atom stereocenters. The highest BCUT2D eigenvalue weighted by atomic mass is 15.1. The minimum absolute atomic E-state index is 0.0590. The van der Waals surface area contributed by atoms with E-state index in [4.69, 9.17) is 5.73 Å². The lowest BCUT2D eigenvalue weighted by Gasteiger charge is -2.21. The molecule has 1 rings (SSSR count). The van der Waals surface area contributed by atoms with Crippen LogP contribution in [0.25, 0.3) is 0 Å². The molecular formula is C10H19N3. The molecule has 13 heavy (non-hydrogen) atoms. The molecule has 2 atom stereocenters. The number of rotatable bonds is 3. The molecule has 74 valence electrons. The third-order valence-corrected chi connectivity index (χ3v) is 2.57. The quantitative estimate of drug-likeness (QED) is 0.776. The molecule has 0 aromatic carbocycles. The van der Waals surface area contributed by atoms with E-state index in [-0.39, 0.29) is 6.04 Å². The molecule has 3 nitrogen and oxygen atoms in total. The molecule has 1 heterocycles. The van der Waals surface area contributed by atoms with Crippen molar-refractivity contribution >= 4 is 0 Å². The van der Waals surface area contributed by atoms with Gasteiger partial charge in [0.05, 0.1) is 12.0 Å². The van der Waals surface area contributed by atoms with Gasteiger partial charge in [-0.3, -0.25) is 0 Å². The summed E-state index contributed by atoms with van der Waals surface area (Å²) in [6.07, 6.45) is 3.72. The average molecular weight is 181 g/mol. The van der Waals surface area contributed by atoms with Crippen LogP contribution < -0.4 is 5.73 Å². The summed E-state index contributed by atoms with van der Waals surface area (Å²) in [5.41, 5.74) is 6.95. The number of hydrogen-bond donors (Lipinski definition) is 1. The van der Waals surface area contributed by atoms with Crippen LogP contribution in [0.2, 0.25) is 0 Å². The van der Waals surface area contributed by atoms with E-state index >= 15 is 0 Å². The van der Waals surface area contributed by atoms with Gasteiger partial charge in [-0.2, -0.15) is 0 Å². The highest BCUT2D eigenvalue weighted by Gasteiger charge is 2.14. The minimum atomic E-state index is 0.0590. The molecule has 0 fully saturated rings. The number of hydrogen-bond acceptors (Lipinski definition) is 2. The largest absolute Gasteiger partial charge is 0.330 e. The van der Waals surface area contributed by atoms with Gasteiger partial charge >= 0.3 is 0 Å². The molecule has 0 amide bonds. The Bertz CT molecular complexity index is 263. The number of nitrogens with two attached hydrogens (primary N) is 1. The standard InChI is InChI=1S/C10H19N3/c1-7(2)9(4)13-6-12-5-10(13)8(3)11/h5-9H,11H2,1-4H3/t8-,9?/m1/s1. The van der Waals surface area contributed by atoms with Crippen molar-refractivity contribution in [2.24, 2.45) is 11.7 Å². The van der Waals surface area contributed by atoms with Crippen molar-refractivity contribution in [2.45, 2.75) is 39.8 Å². The zero-order valence-electron chi connectivity index (χ0n) is 8.86. The van der Waals surface area contributed by atoms with E-state index in [1.807, 2.05) is 19.4 Å². The molecule has 0 bridgehead atoms. The first-order chi connectivity index (χ1) is 6.04. The summed E-state index contributed by atoms with van der Waals surface area (Å²) in [6.45, 7) is 8.59. The maximum absolute atomic E-state index is 5.84. The lowest BCUT2D eigenvalue weighted by Crippen LogP contribution is -2.17. The summed E-state index contributed by atoms with van der Waals surface area (Å²) in [4.78, 5) is 4.13. The van der Waals surface area contributed by atoms with Crippen molar-refractivity contribution in [3.63, 3.8) is 0 Å². The van der Waals surface area contributed by atoms with E-state index in [9.17, 15) is 0 Å². The fourth-order valence-corrected chi connectivity index (χ4v) is 1.33. The van der Waals surface area contributed by atoms with Crippen LogP contribution in [0.5, 0.6) is 0 Å². The van der Waals surface area contributed by atoms with Gasteiger partial charge in [0.2, 0.25) is 0 Å². The van der Waals surface area contributed by atoms with Crippen LogP contribution in [0.15, 0.2) is 12.5 Å². The Hall–Kier alpha value is -0.830. The summed E-state index contributed by atoms with van der Waals surface area (Å²) >= 11 is 0. The van der Waals surface area contributed by atoms with Gasteiger partial charge in [-0.15, -0.1) is 0 Å². The first-order valence-corrected chi connectivity index (χ1v) is 4.81. The molecule has 0 saturated carbocycles. The monoisotopic (exact) mass is 181 g/mol. The van der Waals surface area contributed by atoms with E-state index < -0.39 is 0 Å². The van der Waals surface area contributed by atoms with Gasteiger partial charge in [-0.1, -0.05) is 13.8 Å². The van der Waals surface area contributed by atoms with Crippen molar-refractivity contribution < 1.29 is 0 Å². The van der Waals surface area contributed by atoms with Crippen molar-refractivity contribution in [3.05, 3.63) is 18.2 Å². The number of nitrogens with zero attached hydrogens (tertiary/aromatic N) is 2. The van der Waals surface area contributed by atoms with Crippen LogP contribution in [0.1, 0.15) is 45.5 Å². The summed E-state index contributed by atoms with van der Waals surface area (Å²) < 4.78 is 2.16. The summed E-state index contributed by atoms with van der Waals surface area (Å²) in [5, 5.41) is 0. The first kappa shape index (κ1) is 10.3. The highest BCUT2D eigenvalue weighted by molar-refractivity contribution is 5.04. The zero-order chi connectivity index (χ0) is 10.0. The molecular weight excluding hydrogens is 162 g/mol. The van der Waals surface area contributed by atoms with Gasteiger partial charge in [-0.25, -0.2) is 4.98 Å². The maximum atomic E-state index is 5.84. The second kappa shape index (κ2) is 3.92. The zero-order valence-corrected chi connectivity index (χ0v) is 8.86. The molecule has 0 saturated heterocycles.